The van der Waals surface area contributed by atoms with Crippen LogP contribution in [-0.2, 0) is 9.53 Å². The lowest BCUT2D eigenvalue weighted by atomic mass is 9.96. The number of benzene rings is 2. The van der Waals surface area contributed by atoms with Crippen LogP contribution in [0.15, 0.2) is 65.2 Å². The van der Waals surface area contributed by atoms with Gasteiger partial charge in [0, 0.05) is 22.2 Å². The number of carbonyl (C=O) groups excluding carboxylic acids is 2. The van der Waals surface area contributed by atoms with Gasteiger partial charge in [0.25, 0.3) is 5.91 Å². The first-order chi connectivity index (χ1) is 12.9. The van der Waals surface area contributed by atoms with E-state index in [-0.39, 0.29) is 11.7 Å². The van der Waals surface area contributed by atoms with Crippen LogP contribution in [-0.4, -0.2) is 22.3 Å². The van der Waals surface area contributed by atoms with Crippen molar-refractivity contribution in [1.82, 2.24) is 5.48 Å². The molecule has 0 saturated heterocycles. The molecule has 0 aliphatic carbocycles. The van der Waals surface area contributed by atoms with Crippen molar-refractivity contribution in [2.24, 2.45) is 5.92 Å². The summed E-state index contributed by atoms with van der Waals surface area (Å²) >= 11 is 3.32. The maximum Gasteiger partial charge on any atom is 0.412 e. The summed E-state index contributed by atoms with van der Waals surface area (Å²) in [6.07, 6.45) is 1.27. The number of anilines is 1. The first kappa shape index (κ1) is 20.5. The minimum Gasteiger partial charge on any atom is -0.508 e. The Labute approximate surface area is 164 Å². The van der Waals surface area contributed by atoms with Crippen molar-refractivity contribution in [1.29, 1.82) is 0 Å². The minimum atomic E-state index is -0.719. The molecule has 2 aromatic carbocycles. The SMILES string of the molecule is C[C@H](/C=C/C(=O)NO)[C@@H](OC(=O)Nc1ccc(Br)cc1)c1ccc(O)cc1. The molecule has 0 heterocycles. The zero-order valence-corrected chi connectivity index (χ0v) is 16.0. The number of hydrogen-bond acceptors (Lipinski definition) is 5. The summed E-state index contributed by atoms with van der Waals surface area (Å²) in [6, 6.07) is 13.2. The van der Waals surface area contributed by atoms with Gasteiger partial charge >= 0.3 is 6.09 Å². The molecule has 8 heteroatoms. The summed E-state index contributed by atoms with van der Waals surface area (Å²) in [7, 11) is 0. The first-order valence-corrected chi connectivity index (χ1v) is 8.82. The van der Waals surface area contributed by atoms with E-state index in [9.17, 15) is 14.7 Å². The number of carbonyl (C=O) groups is 2. The molecule has 0 fully saturated rings. The molecule has 2 rings (SSSR count). The largest absolute Gasteiger partial charge is 0.508 e. The van der Waals surface area contributed by atoms with Crippen LogP contribution < -0.4 is 10.8 Å². The smallest absolute Gasteiger partial charge is 0.412 e. The normalized spacial score (nSPS) is 13.0. The number of nitrogens with one attached hydrogen (secondary N) is 2. The number of phenolic OH excluding ortho intramolecular Hbond substituents is 1. The lowest BCUT2D eigenvalue weighted by molar-refractivity contribution is -0.124. The van der Waals surface area contributed by atoms with Crippen molar-refractivity contribution < 1.29 is 24.6 Å². The predicted molar refractivity (Wildman–Crippen MR) is 103 cm³/mol. The molecule has 0 saturated carbocycles. The Morgan fingerprint density at radius 3 is 2.33 bits per heavy atom. The Balaban J connectivity index is 2.16. The molecule has 2 aromatic rings. The molecule has 7 nitrogen and oxygen atoms in total. The second-order valence-corrected chi connectivity index (χ2v) is 6.66. The predicted octanol–water partition coefficient (Wildman–Crippen LogP) is 4.14. The molecule has 2 atom stereocenters. The van der Waals surface area contributed by atoms with Gasteiger partial charge in [-0.1, -0.05) is 41.1 Å². The number of aromatic hydroxyl groups is 1. The second-order valence-electron chi connectivity index (χ2n) is 5.74. The molecule has 27 heavy (non-hydrogen) atoms. The highest BCUT2D eigenvalue weighted by atomic mass is 79.9. The van der Waals surface area contributed by atoms with Gasteiger partial charge in [-0.2, -0.15) is 0 Å². The van der Waals surface area contributed by atoms with E-state index in [1.165, 1.54) is 23.7 Å². The van der Waals surface area contributed by atoms with E-state index in [1.54, 1.807) is 43.3 Å². The van der Waals surface area contributed by atoms with Crippen molar-refractivity contribution in [3.63, 3.8) is 0 Å². The molecule has 0 spiro atoms. The van der Waals surface area contributed by atoms with Crippen molar-refractivity contribution in [2.75, 3.05) is 5.32 Å². The molecular weight excluding hydrogens is 416 g/mol. The van der Waals surface area contributed by atoms with E-state index in [0.717, 1.165) is 10.5 Å². The zero-order valence-electron chi connectivity index (χ0n) is 14.4. The average Bonchev–Trinajstić information content (AvgIpc) is 2.66. The number of hydroxylamine groups is 1. The second kappa shape index (κ2) is 9.75. The Morgan fingerprint density at radius 2 is 1.74 bits per heavy atom. The fraction of sp³-hybridized carbons (Fsp3) is 0.158. The highest BCUT2D eigenvalue weighted by Gasteiger charge is 2.22. The first-order valence-electron chi connectivity index (χ1n) is 8.03. The number of phenols is 1. The number of ether oxygens (including phenoxy) is 1. The van der Waals surface area contributed by atoms with Crippen LogP contribution in [0.4, 0.5) is 10.5 Å². The van der Waals surface area contributed by atoms with E-state index in [0.29, 0.717) is 11.3 Å². The highest BCUT2D eigenvalue weighted by molar-refractivity contribution is 9.10. The van der Waals surface area contributed by atoms with Crippen LogP contribution in [0.3, 0.4) is 0 Å². The van der Waals surface area contributed by atoms with Crippen molar-refractivity contribution in [3.8, 4) is 5.75 Å². The van der Waals surface area contributed by atoms with Crippen LogP contribution in [0.25, 0.3) is 0 Å². The third-order valence-electron chi connectivity index (χ3n) is 3.69. The maximum atomic E-state index is 12.3. The number of halogens is 1. The molecule has 0 bridgehead atoms. The van der Waals surface area contributed by atoms with Gasteiger partial charge in [-0.05, 0) is 42.0 Å². The molecule has 4 N–H and O–H groups in total. The molecule has 2 amide bonds. The lowest BCUT2D eigenvalue weighted by Gasteiger charge is -2.23. The quantitative estimate of drug-likeness (QED) is 0.310. The molecular formula is C19H19BrN2O5. The van der Waals surface area contributed by atoms with Crippen molar-refractivity contribution in [3.05, 3.63) is 70.7 Å². The van der Waals surface area contributed by atoms with E-state index < -0.39 is 18.1 Å². The van der Waals surface area contributed by atoms with Crippen LogP contribution in [0.1, 0.15) is 18.6 Å². The topological polar surface area (TPSA) is 108 Å². The molecule has 142 valence electrons. The van der Waals surface area contributed by atoms with Crippen LogP contribution in [0, 0.1) is 5.92 Å². The molecule has 0 unspecified atom stereocenters. The van der Waals surface area contributed by atoms with Gasteiger partial charge in [-0.15, -0.1) is 0 Å². The summed E-state index contributed by atoms with van der Waals surface area (Å²) in [6.45, 7) is 1.76. The molecule has 0 aliphatic heterocycles. The summed E-state index contributed by atoms with van der Waals surface area (Å²) in [4.78, 5) is 23.5. The molecule has 0 aromatic heterocycles. The van der Waals surface area contributed by atoms with E-state index in [1.807, 2.05) is 0 Å². The van der Waals surface area contributed by atoms with Gasteiger partial charge in [-0.25, -0.2) is 10.3 Å². The summed E-state index contributed by atoms with van der Waals surface area (Å²) in [5.41, 5.74) is 2.71. The third-order valence-corrected chi connectivity index (χ3v) is 4.21. The number of amides is 2. The Kier molecular flexibility index (Phi) is 7.39. The molecule has 0 aliphatic rings. The summed E-state index contributed by atoms with van der Waals surface area (Å²) in [5, 5.41) is 20.7. The standard InChI is InChI=1S/C19H19BrN2O5/c1-12(2-11-17(24)22-26)18(13-3-9-16(23)10-4-13)27-19(25)21-15-7-5-14(20)6-8-15/h2-12,18,23,26H,1H3,(H,21,25)(H,22,24)/b11-2+/t12-,18-/m1/s1. The average molecular weight is 435 g/mol. The van der Waals surface area contributed by atoms with Crippen LogP contribution in [0.5, 0.6) is 5.75 Å². The van der Waals surface area contributed by atoms with Crippen molar-refractivity contribution >= 4 is 33.6 Å². The lowest BCUT2D eigenvalue weighted by Crippen LogP contribution is -2.22. The van der Waals surface area contributed by atoms with Gasteiger partial charge in [0.1, 0.15) is 11.9 Å². The van der Waals surface area contributed by atoms with Crippen LogP contribution in [0.2, 0.25) is 0 Å². The van der Waals surface area contributed by atoms with Gasteiger partial charge in [0.2, 0.25) is 0 Å². The zero-order chi connectivity index (χ0) is 19.8. The van der Waals surface area contributed by atoms with Gasteiger partial charge in [-0.3, -0.25) is 15.3 Å². The third kappa shape index (κ3) is 6.43. The van der Waals surface area contributed by atoms with Crippen molar-refractivity contribution in [2.45, 2.75) is 13.0 Å². The highest BCUT2D eigenvalue weighted by Crippen LogP contribution is 2.29. The van der Waals surface area contributed by atoms with Gasteiger partial charge in [0.05, 0.1) is 0 Å². The van der Waals surface area contributed by atoms with Crippen LogP contribution >= 0.6 is 15.9 Å². The Bertz CT molecular complexity index is 806. The Morgan fingerprint density at radius 1 is 1.11 bits per heavy atom. The fourth-order valence-corrected chi connectivity index (χ4v) is 2.58. The Hall–Kier alpha value is -2.84. The van der Waals surface area contributed by atoms with E-state index >= 15 is 0 Å². The maximum absolute atomic E-state index is 12.3. The summed E-state index contributed by atoms with van der Waals surface area (Å²) in [5.74, 6) is -0.993. The summed E-state index contributed by atoms with van der Waals surface area (Å²) < 4.78 is 6.43. The monoisotopic (exact) mass is 434 g/mol. The van der Waals surface area contributed by atoms with E-state index in [4.69, 9.17) is 9.94 Å². The molecule has 0 radical (unpaired) electrons. The van der Waals surface area contributed by atoms with Gasteiger partial charge in [0.15, 0.2) is 0 Å². The number of hydrogen-bond donors (Lipinski definition) is 4. The van der Waals surface area contributed by atoms with E-state index in [2.05, 4.69) is 21.2 Å². The minimum absolute atomic E-state index is 0.0830. The van der Waals surface area contributed by atoms with Gasteiger partial charge < -0.3 is 9.84 Å². The number of rotatable bonds is 6. The fourth-order valence-electron chi connectivity index (χ4n) is 2.32.